The second-order valence-corrected chi connectivity index (χ2v) is 10.0. The van der Waals surface area contributed by atoms with Crippen LogP contribution < -0.4 is 25.8 Å². The Morgan fingerprint density at radius 3 is 1.28 bits per heavy atom. The van der Waals surface area contributed by atoms with Crippen molar-refractivity contribution in [2.24, 2.45) is 0 Å². The first-order valence-corrected chi connectivity index (χ1v) is 13.2. The van der Waals surface area contributed by atoms with Gasteiger partial charge < -0.3 is 25.8 Å². The van der Waals surface area contributed by atoms with Gasteiger partial charge in [0.1, 0.15) is 5.54 Å². The number of Topliss-reactive ketones (excluding diaryl/α,β-unsaturated/α-hetero) is 2. The van der Waals surface area contributed by atoms with Gasteiger partial charge in [-0.05, 0) is 55.5 Å². The molecule has 0 aliphatic carbocycles. The van der Waals surface area contributed by atoms with Gasteiger partial charge in [0.25, 0.3) is 0 Å². The van der Waals surface area contributed by atoms with Gasteiger partial charge in [0.2, 0.25) is 0 Å². The minimum atomic E-state index is -1.25. The highest BCUT2D eigenvalue weighted by molar-refractivity contribution is 6.23. The van der Waals surface area contributed by atoms with Crippen molar-refractivity contribution in [1.29, 1.82) is 0 Å². The fraction of sp³-hybridized carbons (Fsp3) is 0.500. The van der Waals surface area contributed by atoms with Gasteiger partial charge in [-0.1, -0.05) is 0 Å². The van der Waals surface area contributed by atoms with Crippen LogP contribution in [0.5, 0.6) is 0 Å². The monoisotopic (exact) mass is 490 g/mol. The average molecular weight is 491 g/mol. The number of nitrogens with zero attached hydrogens (tertiary/aromatic N) is 3. The predicted octanol–water partition coefficient (Wildman–Crippen LogP) is 1.24. The van der Waals surface area contributed by atoms with Crippen LogP contribution in [0.4, 0.5) is 11.4 Å². The molecule has 0 bridgehead atoms. The second-order valence-electron chi connectivity index (χ2n) is 10.0. The van der Waals surface area contributed by atoms with E-state index in [1.807, 2.05) is 55.5 Å². The quantitative estimate of drug-likeness (QED) is 0.395. The predicted molar refractivity (Wildman–Crippen MR) is 145 cm³/mol. The summed E-state index contributed by atoms with van der Waals surface area (Å²) in [6.07, 6.45) is 0. The molecule has 0 aromatic heterocycles. The topological polar surface area (TPSA) is 80.0 Å². The summed E-state index contributed by atoms with van der Waals surface area (Å²) in [5.41, 5.74) is 2.15. The van der Waals surface area contributed by atoms with E-state index < -0.39 is 5.54 Å². The van der Waals surface area contributed by atoms with Crippen molar-refractivity contribution in [3.05, 3.63) is 59.7 Å². The Kier molecular flexibility index (Phi) is 7.67. The van der Waals surface area contributed by atoms with Crippen LogP contribution in [0.25, 0.3) is 0 Å². The van der Waals surface area contributed by atoms with Gasteiger partial charge in [-0.25, -0.2) is 0 Å². The number of piperazine rings is 3. The zero-order valence-corrected chi connectivity index (χ0v) is 21.3. The third-order valence-corrected chi connectivity index (χ3v) is 7.86. The molecule has 0 amide bonds. The van der Waals surface area contributed by atoms with E-state index in [1.54, 1.807) is 0 Å². The third-order valence-electron chi connectivity index (χ3n) is 7.86. The van der Waals surface area contributed by atoms with Crippen LogP contribution in [0.3, 0.4) is 0 Å². The average Bonchev–Trinajstić information content (AvgIpc) is 2.97. The number of nitrogens with one attached hydrogen (secondary N) is 3. The van der Waals surface area contributed by atoms with Gasteiger partial charge >= 0.3 is 0 Å². The van der Waals surface area contributed by atoms with Crippen LogP contribution in [0, 0.1) is 0 Å². The Hall–Kier alpha value is -2.78. The molecule has 8 heteroatoms. The largest absolute Gasteiger partial charge is 0.369 e. The van der Waals surface area contributed by atoms with E-state index in [2.05, 4.69) is 30.7 Å². The lowest BCUT2D eigenvalue weighted by Crippen LogP contribution is -2.62. The smallest absolute Gasteiger partial charge is 0.190 e. The summed E-state index contributed by atoms with van der Waals surface area (Å²) in [7, 11) is 0. The Morgan fingerprint density at radius 2 is 0.917 bits per heavy atom. The molecule has 8 nitrogen and oxygen atoms in total. The van der Waals surface area contributed by atoms with E-state index in [9.17, 15) is 9.59 Å². The molecule has 2 aromatic rings. The lowest BCUT2D eigenvalue weighted by atomic mass is 9.81. The van der Waals surface area contributed by atoms with E-state index >= 15 is 0 Å². The molecule has 192 valence electrons. The normalized spacial score (nSPS) is 19.8. The molecular formula is C28H38N6O2. The third kappa shape index (κ3) is 5.04. The van der Waals surface area contributed by atoms with E-state index in [1.165, 1.54) is 0 Å². The molecule has 3 heterocycles. The van der Waals surface area contributed by atoms with E-state index in [0.29, 0.717) is 24.2 Å². The SMILES string of the molecule is CC(C(=O)c1ccc(N2CCNCC2)cc1)(C(=O)c1ccc(N2CCNCC2)cc1)N1CCNCC1. The van der Waals surface area contributed by atoms with Crippen molar-refractivity contribution < 1.29 is 9.59 Å². The first-order valence-electron chi connectivity index (χ1n) is 13.2. The fourth-order valence-corrected chi connectivity index (χ4v) is 5.56. The molecule has 3 aliphatic heterocycles. The Balaban J connectivity index is 1.40. The zero-order valence-electron chi connectivity index (χ0n) is 21.3. The fourth-order valence-electron chi connectivity index (χ4n) is 5.56. The first-order chi connectivity index (χ1) is 17.6. The molecule has 3 N–H and O–H groups in total. The van der Waals surface area contributed by atoms with E-state index in [-0.39, 0.29) is 11.6 Å². The molecule has 2 aromatic carbocycles. The standard InChI is InChI=1S/C28H38N6O2/c1-28(34-20-14-31-15-21-34,26(35)22-2-6-24(7-3-22)32-16-10-29-11-17-32)27(36)23-4-8-25(9-5-23)33-18-12-30-13-19-33/h2-9,29-31H,10-21H2,1H3. The number of rotatable bonds is 7. The van der Waals surface area contributed by atoms with Crippen molar-refractivity contribution >= 4 is 22.9 Å². The molecule has 0 atom stereocenters. The number of anilines is 2. The number of carbonyl (C=O) groups is 2. The van der Waals surface area contributed by atoms with Crippen molar-refractivity contribution in [2.75, 3.05) is 88.3 Å². The van der Waals surface area contributed by atoms with Crippen LogP contribution in [0.15, 0.2) is 48.5 Å². The number of hydrogen-bond acceptors (Lipinski definition) is 8. The minimum absolute atomic E-state index is 0.132. The highest BCUT2D eigenvalue weighted by Gasteiger charge is 2.47. The molecule has 3 fully saturated rings. The molecule has 0 spiro atoms. The molecular weight excluding hydrogens is 452 g/mol. The molecule has 3 saturated heterocycles. The first kappa shape index (κ1) is 24.9. The summed E-state index contributed by atoms with van der Waals surface area (Å²) >= 11 is 0. The summed E-state index contributed by atoms with van der Waals surface area (Å²) in [6, 6.07) is 15.6. The van der Waals surface area contributed by atoms with Gasteiger partial charge in [-0.3, -0.25) is 14.5 Å². The number of carbonyl (C=O) groups excluding carboxylic acids is 2. The maximum atomic E-state index is 14.1. The second kappa shape index (κ2) is 11.1. The lowest BCUT2D eigenvalue weighted by molar-refractivity contribution is 0.0464. The van der Waals surface area contributed by atoms with Crippen molar-refractivity contribution in [3.63, 3.8) is 0 Å². The van der Waals surface area contributed by atoms with Crippen LogP contribution in [-0.4, -0.2) is 101 Å². The van der Waals surface area contributed by atoms with Gasteiger partial charge in [-0.2, -0.15) is 0 Å². The van der Waals surface area contributed by atoms with Crippen molar-refractivity contribution in [2.45, 2.75) is 12.5 Å². The van der Waals surface area contributed by atoms with Crippen LogP contribution >= 0.6 is 0 Å². The van der Waals surface area contributed by atoms with Gasteiger partial charge in [-0.15, -0.1) is 0 Å². The molecule has 3 aliphatic rings. The van der Waals surface area contributed by atoms with Crippen LogP contribution in [-0.2, 0) is 0 Å². The Morgan fingerprint density at radius 1 is 0.583 bits per heavy atom. The number of benzene rings is 2. The maximum Gasteiger partial charge on any atom is 0.190 e. The van der Waals surface area contributed by atoms with Gasteiger partial charge in [0.05, 0.1) is 0 Å². The summed E-state index contributed by atoms with van der Waals surface area (Å²) in [5.74, 6) is -0.264. The molecule has 0 radical (unpaired) electrons. The van der Waals surface area contributed by atoms with Gasteiger partial charge in [0, 0.05) is 101 Å². The van der Waals surface area contributed by atoms with Crippen LogP contribution in [0.2, 0.25) is 0 Å². The highest BCUT2D eigenvalue weighted by atomic mass is 16.2. The van der Waals surface area contributed by atoms with Gasteiger partial charge in [0.15, 0.2) is 11.6 Å². The Labute approximate surface area is 214 Å². The molecule has 0 unspecified atom stereocenters. The zero-order chi connectivity index (χ0) is 25.0. The summed E-state index contributed by atoms with van der Waals surface area (Å²) in [6.45, 7) is 12.3. The molecule has 0 saturated carbocycles. The van der Waals surface area contributed by atoms with E-state index in [4.69, 9.17) is 0 Å². The van der Waals surface area contributed by atoms with E-state index in [0.717, 1.165) is 76.8 Å². The van der Waals surface area contributed by atoms with Crippen molar-refractivity contribution in [1.82, 2.24) is 20.9 Å². The lowest BCUT2D eigenvalue weighted by Gasteiger charge is -2.41. The summed E-state index contributed by atoms with van der Waals surface area (Å²) in [4.78, 5) is 34.8. The van der Waals surface area contributed by atoms with Crippen LogP contribution in [0.1, 0.15) is 27.6 Å². The minimum Gasteiger partial charge on any atom is -0.369 e. The molecule has 5 rings (SSSR count). The number of hydrogen-bond donors (Lipinski definition) is 3. The maximum absolute atomic E-state index is 14.1. The van der Waals surface area contributed by atoms with Crippen molar-refractivity contribution in [3.8, 4) is 0 Å². The molecule has 36 heavy (non-hydrogen) atoms. The Bertz CT molecular complexity index is 963. The number of ketones is 2. The summed E-state index contributed by atoms with van der Waals surface area (Å²) in [5, 5.41) is 10.1. The summed E-state index contributed by atoms with van der Waals surface area (Å²) < 4.78 is 0. The highest BCUT2D eigenvalue weighted by Crippen LogP contribution is 2.29.